The smallest absolute Gasteiger partial charge is 0.387 e. The molecule has 5 nitrogen and oxygen atoms in total. The summed E-state index contributed by atoms with van der Waals surface area (Å²) in [6.07, 6.45) is 1.42. The van der Waals surface area contributed by atoms with Gasteiger partial charge in [-0.2, -0.15) is 8.78 Å². The van der Waals surface area contributed by atoms with Gasteiger partial charge >= 0.3 is 6.61 Å². The topological polar surface area (TPSA) is 63.5 Å². The molecule has 116 valence electrons. The Labute approximate surface area is 125 Å². The minimum absolute atomic E-state index is 0.0459. The Morgan fingerprint density at radius 2 is 1.91 bits per heavy atom. The number of halogens is 2. The number of carbonyl (C=O) groups is 1. The number of furan rings is 1. The molecule has 1 amide bonds. The number of hydrazine groups is 1. The van der Waals surface area contributed by atoms with Gasteiger partial charge in [-0.1, -0.05) is 6.58 Å². The number of carbonyl (C=O) groups excluding carboxylic acids is 1. The molecule has 0 radical (unpaired) electrons. The minimum Gasteiger partial charge on any atom is -0.469 e. The molecule has 0 saturated heterocycles. The molecule has 2 aromatic rings. The fraction of sp³-hybridized carbons (Fsp3) is 0.133. The van der Waals surface area contributed by atoms with E-state index in [1.54, 1.807) is 25.1 Å². The first-order valence-electron chi connectivity index (χ1n) is 6.32. The van der Waals surface area contributed by atoms with E-state index in [0.717, 1.165) is 0 Å². The van der Waals surface area contributed by atoms with Crippen LogP contribution in [0, 0.1) is 6.92 Å². The standard InChI is InChI=1S/C15H14F2N2O3/c1-9(11-3-5-12(6-4-11)22-15(16)17)18-19-14(20)13-7-8-21-10(13)2/h3-8,15,18H,1H2,2H3,(H,19,20). The molecule has 2 N–H and O–H groups in total. The highest BCUT2D eigenvalue weighted by atomic mass is 19.3. The Morgan fingerprint density at radius 3 is 2.45 bits per heavy atom. The van der Waals surface area contributed by atoms with E-state index in [2.05, 4.69) is 22.2 Å². The molecule has 7 heteroatoms. The predicted molar refractivity (Wildman–Crippen MR) is 76.2 cm³/mol. The van der Waals surface area contributed by atoms with E-state index in [1.807, 2.05) is 0 Å². The first-order chi connectivity index (χ1) is 10.5. The lowest BCUT2D eigenvalue weighted by molar-refractivity contribution is -0.0498. The second-order valence-electron chi connectivity index (χ2n) is 4.35. The molecule has 0 aliphatic heterocycles. The SMILES string of the molecule is C=C(NNC(=O)c1ccoc1C)c1ccc(OC(F)F)cc1. The molecular formula is C15H14F2N2O3. The first kappa shape index (κ1) is 15.6. The van der Waals surface area contributed by atoms with Crippen molar-refractivity contribution in [3.8, 4) is 5.75 Å². The van der Waals surface area contributed by atoms with Gasteiger partial charge in [0.05, 0.1) is 17.5 Å². The van der Waals surface area contributed by atoms with Gasteiger partial charge in [0.25, 0.3) is 5.91 Å². The van der Waals surface area contributed by atoms with Crippen molar-refractivity contribution in [2.24, 2.45) is 0 Å². The van der Waals surface area contributed by atoms with Crippen molar-refractivity contribution in [3.05, 3.63) is 60.1 Å². The largest absolute Gasteiger partial charge is 0.469 e. The summed E-state index contributed by atoms with van der Waals surface area (Å²) < 4.78 is 33.4. The van der Waals surface area contributed by atoms with Gasteiger partial charge in [0, 0.05) is 0 Å². The van der Waals surface area contributed by atoms with E-state index in [9.17, 15) is 13.6 Å². The van der Waals surface area contributed by atoms with Gasteiger partial charge < -0.3 is 9.15 Å². The lowest BCUT2D eigenvalue weighted by Crippen LogP contribution is -2.35. The van der Waals surface area contributed by atoms with Crippen molar-refractivity contribution in [2.75, 3.05) is 0 Å². The van der Waals surface area contributed by atoms with Gasteiger partial charge in [-0.3, -0.25) is 15.6 Å². The van der Waals surface area contributed by atoms with Crippen LogP contribution in [0.3, 0.4) is 0 Å². The van der Waals surface area contributed by atoms with E-state index in [0.29, 0.717) is 22.6 Å². The molecule has 0 spiro atoms. The lowest BCUT2D eigenvalue weighted by atomic mass is 10.2. The molecule has 0 aliphatic rings. The fourth-order valence-corrected chi connectivity index (χ4v) is 1.73. The average Bonchev–Trinajstić information content (AvgIpc) is 2.91. The highest BCUT2D eigenvalue weighted by Gasteiger charge is 2.11. The molecular weight excluding hydrogens is 294 g/mol. The third kappa shape index (κ3) is 3.85. The van der Waals surface area contributed by atoms with Crippen molar-refractivity contribution in [1.29, 1.82) is 0 Å². The zero-order valence-corrected chi connectivity index (χ0v) is 11.7. The average molecular weight is 308 g/mol. The van der Waals surface area contributed by atoms with Crippen LogP contribution in [0.25, 0.3) is 5.70 Å². The Morgan fingerprint density at radius 1 is 1.23 bits per heavy atom. The summed E-state index contributed by atoms with van der Waals surface area (Å²) >= 11 is 0. The van der Waals surface area contributed by atoms with Gasteiger partial charge in [-0.05, 0) is 42.8 Å². The van der Waals surface area contributed by atoms with Crippen molar-refractivity contribution < 1.29 is 22.7 Å². The summed E-state index contributed by atoms with van der Waals surface area (Å²) in [5.41, 5.74) is 6.54. The lowest BCUT2D eigenvalue weighted by Gasteiger charge is -2.11. The molecule has 0 bridgehead atoms. The monoisotopic (exact) mass is 308 g/mol. The van der Waals surface area contributed by atoms with Crippen LogP contribution in [0.2, 0.25) is 0 Å². The van der Waals surface area contributed by atoms with Gasteiger partial charge in [0.2, 0.25) is 0 Å². The maximum atomic E-state index is 12.0. The fourth-order valence-electron chi connectivity index (χ4n) is 1.73. The van der Waals surface area contributed by atoms with Crippen LogP contribution >= 0.6 is 0 Å². The molecule has 0 atom stereocenters. The Balaban J connectivity index is 1.92. The van der Waals surface area contributed by atoms with Crippen molar-refractivity contribution >= 4 is 11.6 Å². The molecule has 0 saturated carbocycles. The quantitative estimate of drug-likeness (QED) is 0.805. The van der Waals surface area contributed by atoms with E-state index in [4.69, 9.17) is 4.42 Å². The second kappa shape index (κ2) is 6.75. The molecule has 0 fully saturated rings. The van der Waals surface area contributed by atoms with Crippen LogP contribution < -0.4 is 15.6 Å². The molecule has 0 unspecified atom stereocenters. The Kier molecular flexibility index (Phi) is 4.77. The maximum Gasteiger partial charge on any atom is 0.387 e. The number of amides is 1. The zero-order valence-electron chi connectivity index (χ0n) is 11.7. The second-order valence-corrected chi connectivity index (χ2v) is 4.35. The number of rotatable bonds is 6. The number of hydrogen-bond acceptors (Lipinski definition) is 4. The van der Waals surface area contributed by atoms with Crippen LogP contribution in [-0.4, -0.2) is 12.5 Å². The predicted octanol–water partition coefficient (Wildman–Crippen LogP) is 3.09. The van der Waals surface area contributed by atoms with Gasteiger partial charge in [0.15, 0.2) is 0 Å². The molecule has 1 aromatic heterocycles. The maximum absolute atomic E-state index is 12.0. The van der Waals surface area contributed by atoms with E-state index < -0.39 is 6.61 Å². The summed E-state index contributed by atoms with van der Waals surface area (Å²) in [4.78, 5) is 11.9. The highest BCUT2D eigenvalue weighted by molar-refractivity contribution is 5.95. The first-order valence-corrected chi connectivity index (χ1v) is 6.32. The van der Waals surface area contributed by atoms with Crippen LogP contribution in [-0.2, 0) is 0 Å². The Hall–Kier alpha value is -2.83. The molecule has 1 heterocycles. The van der Waals surface area contributed by atoms with Crippen molar-refractivity contribution in [3.63, 3.8) is 0 Å². The number of aryl methyl sites for hydroxylation is 1. The Bertz CT molecular complexity index is 666. The van der Waals surface area contributed by atoms with Gasteiger partial charge in [-0.15, -0.1) is 0 Å². The number of nitrogens with one attached hydrogen (secondary N) is 2. The van der Waals surface area contributed by atoms with Crippen LogP contribution in [0.1, 0.15) is 21.7 Å². The summed E-state index contributed by atoms with van der Waals surface area (Å²) in [5.74, 6) is 0.174. The molecule has 2 rings (SSSR count). The minimum atomic E-state index is -2.87. The van der Waals surface area contributed by atoms with E-state index in [1.165, 1.54) is 18.4 Å². The third-order valence-electron chi connectivity index (χ3n) is 2.86. The van der Waals surface area contributed by atoms with E-state index >= 15 is 0 Å². The van der Waals surface area contributed by atoms with Crippen LogP contribution in [0.15, 0.2) is 47.6 Å². The van der Waals surface area contributed by atoms with E-state index in [-0.39, 0.29) is 11.7 Å². The van der Waals surface area contributed by atoms with Gasteiger partial charge in [-0.25, -0.2) is 0 Å². The molecule has 0 aliphatic carbocycles. The third-order valence-corrected chi connectivity index (χ3v) is 2.86. The number of hydrogen-bond donors (Lipinski definition) is 2. The van der Waals surface area contributed by atoms with Crippen molar-refractivity contribution in [1.82, 2.24) is 10.9 Å². The van der Waals surface area contributed by atoms with Crippen LogP contribution in [0.5, 0.6) is 5.75 Å². The summed E-state index contributed by atoms with van der Waals surface area (Å²) in [5, 5.41) is 0. The number of ether oxygens (including phenoxy) is 1. The van der Waals surface area contributed by atoms with Gasteiger partial charge in [0.1, 0.15) is 11.5 Å². The normalized spacial score (nSPS) is 10.4. The number of benzene rings is 1. The summed E-state index contributed by atoms with van der Waals surface area (Å²) in [6.45, 7) is 2.55. The molecule has 1 aromatic carbocycles. The number of alkyl halides is 2. The van der Waals surface area contributed by atoms with Crippen LogP contribution in [0.4, 0.5) is 8.78 Å². The highest BCUT2D eigenvalue weighted by Crippen LogP contribution is 2.17. The zero-order chi connectivity index (χ0) is 16.1. The van der Waals surface area contributed by atoms with Crippen molar-refractivity contribution in [2.45, 2.75) is 13.5 Å². The summed E-state index contributed by atoms with van der Waals surface area (Å²) in [7, 11) is 0. The molecule has 22 heavy (non-hydrogen) atoms. The summed E-state index contributed by atoms with van der Waals surface area (Å²) in [6, 6.07) is 7.41.